The lowest BCUT2D eigenvalue weighted by atomic mass is 9.98. The van der Waals surface area contributed by atoms with Gasteiger partial charge in [0.1, 0.15) is 5.75 Å². The fraction of sp³-hybridized carbons (Fsp3) is 0.562. The van der Waals surface area contributed by atoms with Crippen molar-refractivity contribution in [2.75, 3.05) is 13.7 Å². The second-order valence-electron chi connectivity index (χ2n) is 4.54. The van der Waals surface area contributed by atoms with Gasteiger partial charge in [-0.05, 0) is 43.0 Å². The second kappa shape index (κ2) is 9.42. The van der Waals surface area contributed by atoms with Gasteiger partial charge >= 0.3 is 5.97 Å². The second-order valence-corrected chi connectivity index (χ2v) is 4.54. The summed E-state index contributed by atoms with van der Waals surface area (Å²) in [7, 11) is 1.70. The summed E-state index contributed by atoms with van der Waals surface area (Å²) in [5, 5.41) is 0. The molecular formula is C16H26O3. The Bertz CT molecular complexity index is 384. The van der Waals surface area contributed by atoms with Gasteiger partial charge in [-0.3, -0.25) is 4.79 Å². The molecule has 1 aromatic rings. The van der Waals surface area contributed by atoms with Crippen molar-refractivity contribution in [3.05, 3.63) is 29.3 Å². The molecule has 0 saturated heterocycles. The maximum absolute atomic E-state index is 10.2. The van der Waals surface area contributed by atoms with Crippen molar-refractivity contribution < 1.29 is 14.3 Å². The Labute approximate surface area is 116 Å². The van der Waals surface area contributed by atoms with E-state index in [2.05, 4.69) is 37.6 Å². The Morgan fingerprint density at radius 2 is 1.89 bits per heavy atom. The number of esters is 1. The highest BCUT2D eigenvalue weighted by molar-refractivity contribution is 5.68. The third kappa shape index (κ3) is 6.85. The van der Waals surface area contributed by atoms with E-state index in [1.807, 2.05) is 6.07 Å². The molecule has 0 saturated carbocycles. The molecule has 3 heteroatoms. The average Bonchev–Trinajstić information content (AvgIpc) is 2.40. The van der Waals surface area contributed by atoms with Crippen molar-refractivity contribution >= 4 is 5.97 Å². The first-order valence-corrected chi connectivity index (χ1v) is 6.76. The number of ether oxygens (including phenoxy) is 2. The molecule has 108 valence electrons. The molecule has 0 spiro atoms. The zero-order chi connectivity index (χ0) is 14.8. The highest BCUT2D eigenvalue weighted by atomic mass is 16.5. The number of carbonyl (C=O) groups is 1. The third-order valence-electron chi connectivity index (χ3n) is 2.70. The topological polar surface area (TPSA) is 35.5 Å². The van der Waals surface area contributed by atoms with E-state index in [1.54, 1.807) is 21.0 Å². The minimum absolute atomic E-state index is 0.123. The molecule has 3 nitrogen and oxygen atoms in total. The molecule has 1 aromatic carbocycles. The van der Waals surface area contributed by atoms with E-state index in [0.717, 1.165) is 5.75 Å². The molecule has 0 radical (unpaired) electrons. The van der Waals surface area contributed by atoms with Crippen LogP contribution in [-0.2, 0) is 9.53 Å². The molecule has 0 aliphatic carbocycles. The standard InChI is InChI=1S/C11H16O.C5H10O2/c1-8(2)11-7-10(12-4)6-5-9(11)3;1-3-5(6)7-4-2/h5-8H,1-4H3;3-4H2,1-2H3. The summed E-state index contributed by atoms with van der Waals surface area (Å²) >= 11 is 0. The van der Waals surface area contributed by atoms with Crippen LogP contribution in [0, 0.1) is 6.92 Å². The predicted octanol–water partition coefficient (Wildman–Crippen LogP) is 4.09. The summed E-state index contributed by atoms with van der Waals surface area (Å²) in [6, 6.07) is 6.22. The molecule has 0 bridgehead atoms. The van der Waals surface area contributed by atoms with Gasteiger partial charge in [0.25, 0.3) is 0 Å². The zero-order valence-electron chi connectivity index (χ0n) is 12.9. The fourth-order valence-electron chi connectivity index (χ4n) is 1.63. The minimum atomic E-state index is -0.123. The number of carbonyl (C=O) groups excluding carboxylic acids is 1. The van der Waals surface area contributed by atoms with Crippen LogP contribution in [0.4, 0.5) is 0 Å². The van der Waals surface area contributed by atoms with Gasteiger partial charge in [0.2, 0.25) is 0 Å². The molecule has 0 aliphatic heterocycles. The van der Waals surface area contributed by atoms with Crippen molar-refractivity contribution in [1.82, 2.24) is 0 Å². The van der Waals surface area contributed by atoms with Crippen molar-refractivity contribution in [1.29, 1.82) is 0 Å². The molecule has 19 heavy (non-hydrogen) atoms. The Hall–Kier alpha value is -1.51. The molecule has 0 N–H and O–H groups in total. The first-order valence-electron chi connectivity index (χ1n) is 6.76. The predicted molar refractivity (Wildman–Crippen MR) is 78.7 cm³/mol. The lowest BCUT2D eigenvalue weighted by Crippen LogP contribution is -2.00. The first-order chi connectivity index (χ1) is 8.96. The monoisotopic (exact) mass is 266 g/mol. The van der Waals surface area contributed by atoms with Gasteiger partial charge in [-0.1, -0.05) is 26.8 Å². The summed E-state index contributed by atoms with van der Waals surface area (Å²) in [5.41, 5.74) is 2.71. The van der Waals surface area contributed by atoms with E-state index in [1.165, 1.54) is 11.1 Å². The van der Waals surface area contributed by atoms with Crippen LogP contribution in [0.1, 0.15) is 51.2 Å². The smallest absolute Gasteiger partial charge is 0.305 e. The SMILES string of the molecule is CCOC(=O)CC.COc1ccc(C)c(C(C)C)c1. The molecule has 0 aliphatic rings. The third-order valence-corrected chi connectivity index (χ3v) is 2.70. The summed E-state index contributed by atoms with van der Waals surface area (Å²) < 4.78 is 9.71. The van der Waals surface area contributed by atoms with Gasteiger partial charge in [-0.2, -0.15) is 0 Å². The molecule has 0 fully saturated rings. The summed E-state index contributed by atoms with van der Waals surface area (Å²) in [5.74, 6) is 1.40. The number of hydrogen-bond donors (Lipinski definition) is 0. The Morgan fingerprint density at radius 3 is 2.26 bits per heavy atom. The number of benzene rings is 1. The fourth-order valence-corrected chi connectivity index (χ4v) is 1.63. The van der Waals surface area contributed by atoms with E-state index in [0.29, 0.717) is 18.9 Å². The van der Waals surface area contributed by atoms with Gasteiger partial charge in [-0.25, -0.2) is 0 Å². The van der Waals surface area contributed by atoms with Crippen LogP contribution in [0.2, 0.25) is 0 Å². The number of aryl methyl sites for hydroxylation is 1. The zero-order valence-corrected chi connectivity index (χ0v) is 12.9. The summed E-state index contributed by atoms with van der Waals surface area (Å²) in [6.45, 7) is 10.6. The van der Waals surface area contributed by atoms with Crippen LogP contribution in [0.5, 0.6) is 5.75 Å². The molecule has 0 unspecified atom stereocenters. The summed E-state index contributed by atoms with van der Waals surface area (Å²) in [4.78, 5) is 10.2. The van der Waals surface area contributed by atoms with Crippen LogP contribution in [0.25, 0.3) is 0 Å². The first kappa shape index (κ1) is 17.5. The van der Waals surface area contributed by atoms with Gasteiger partial charge in [0, 0.05) is 6.42 Å². The molecular weight excluding hydrogens is 240 g/mol. The molecule has 0 atom stereocenters. The Morgan fingerprint density at radius 1 is 1.26 bits per heavy atom. The maximum atomic E-state index is 10.2. The van der Waals surface area contributed by atoms with E-state index < -0.39 is 0 Å². The quantitative estimate of drug-likeness (QED) is 0.770. The molecule has 0 aromatic heterocycles. The van der Waals surface area contributed by atoms with E-state index >= 15 is 0 Å². The molecule has 1 rings (SSSR count). The van der Waals surface area contributed by atoms with E-state index in [4.69, 9.17) is 4.74 Å². The van der Waals surface area contributed by atoms with Gasteiger partial charge in [0.15, 0.2) is 0 Å². The lowest BCUT2D eigenvalue weighted by molar-refractivity contribution is -0.142. The maximum Gasteiger partial charge on any atom is 0.305 e. The van der Waals surface area contributed by atoms with Crippen LogP contribution >= 0.6 is 0 Å². The molecule has 0 heterocycles. The Balaban J connectivity index is 0.000000399. The van der Waals surface area contributed by atoms with Crippen molar-refractivity contribution in [3.63, 3.8) is 0 Å². The molecule has 0 amide bonds. The number of methoxy groups -OCH3 is 1. The minimum Gasteiger partial charge on any atom is -0.497 e. The van der Waals surface area contributed by atoms with E-state index in [-0.39, 0.29) is 5.97 Å². The largest absolute Gasteiger partial charge is 0.497 e. The van der Waals surface area contributed by atoms with E-state index in [9.17, 15) is 4.79 Å². The van der Waals surface area contributed by atoms with Gasteiger partial charge < -0.3 is 9.47 Å². The van der Waals surface area contributed by atoms with Crippen LogP contribution in [0.3, 0.4) is 0 Å². The van der Waals surface area contributed by atoms with Crippen LogP contribution in [0.15, 0.2) is 18.2 Å². The number of rotatable bonds is 4. The lowest BCUT2D eigenvalue weighted by Gasteiger charge is -2.10. The van der Waals surface area contributed by atoms with Crippen LogP contribution in [-0.4, -0.2) is 19.7 Å². The average molecular weight is 266 g/mol. The summed E-state index contributed by atoms with van der Waals surface area (Å²) in [6.07, 6.45) is 0.480. The van der Waals surface area contributed by atoms with Gasteiger partial charge in [-0.15, -0.1) is 0 Å². The van der Waals surface area contributed by atoms with Crippen LogP contribution < -0.4 is 4.74 Å². The normalized spacial score (nSPS) is 9.63. The van der Waals surface area contributed by atoms with Crippen molar-refractivity contribution in [2.24, 2.45) is 0 Å². The van der Waals surface area contributed by atoms with Crippen molar-refractivity contribution in [2.45, 2.75) is 47.0 Å². The Kier molecular flexibility index (Phi) is 8.68. The number of hydrogen-bond acceptors (Lipinski definition) is 3. The van der Waals surface area contributed by atoms with Gasteiger partial charge in [0.05, 0.1) is 13.7 Å². The van der Waals surface area contributed by atoms with Crippen molar-refractivity contribution in [3.8, 4) is 5.75 Å². The highest BCUT2D eigenvalue weighted by Crippen LogP contribution is 2.23. The highest BCUT2D eigenvalue weighted by Gasteiger charge is 2.03.